The highest BCUT2D eigenvalue weighted by Gasteiger charge is 2.24. The van der Waals surface area contributed by atoms with Crippen LogP contribution in [0, 0.1) is 6.92 Å². The summed E-state index contributed by atoms with van der Waals surface area (Å²) in [6.07, 6.45) is 3.74. The molecule has 1 aromatic heterocycles. The summed E-state index contributed by atoms with van der Waals surface area (Å²) in [5, 5.41) is 13.4. The van der Waals surface area contributed by atoms with E-state index < -0.39 is 36.2 Å². The minimum Gasteiger partial charge on any atom is -0.480 e. The zero-order valence-electron chi connectivity index (χ0n) is 18.4. The van der Waals surface area contributed by atoms with Gasteiger partial charge in [-0.05, 0) is 63.8 Å². The van der Waals surface area contributed by atoms with Crippen LogP contribution in [0.15, 0.2) is 54.9 Å². The lowest BCUT2D eigenvalue weighted by atomic mass is 10.0. The molecule has 3 N–H and O–H groups in total. The van der Waals surface area contributed by atoms with Crippen LogP contribution in [0.2, 0.25) is 0 Å². The number of alkyl carbamates (subject to hydrolysis) is 1. The third-order valence-corrected chi connectivity index (χ3v) is 3.83. The van der Waals surface area contributed by atoms with Gasteiger partial charge in [-0.3, -0.25) is 14.6 Å². The smallest absolute Gasteiger partial charge is 0.408 e. The average Bonchev–Trinajstić information content (AvgIpc) is 2.69. The minimum absolute atomic E-state index is 0.328. The summed E-state index contributed by atoms with van der Waals surface area (Å²) < 4.78 is 5.15. The molecule has 8 nitrogen and oxygen atoms in total. The number of aliphatic carboxylic acids is 1. The first kappa shape index (κ1) is 25.6. The van der Waals surface area contributed by atoms with Crippen molar-refractivity contribution < 1.29 is 24.2 Å². The topological polar surface area (TPSA) is 118 Å². The number of amides is 2. The number of hydrogen-bond donors (Lipinski definition) is 3. The van der Waals surface area contributed by atoms with Crippen molar-refractivity contribution in [2.24, 2.45) is 0 Å². The number of rotatable bonds is 7. The fraction of sp³-hybridized carbons (Fsp3) is 0.391. The van der Waals surface area contributed by atoms with Gasteiger partial charge in [0.2, 0.25) is 5.91 Å². The Morgan fingerprint density at radius 1 is 1.06 bits per heavy atom. The summed E-state index contributed by atoms with van der Waals surface area (Å²) in [5.41, 5.74) is 1.58. The number of hydrogen-bond acceptors (Lipinski definition) is 5. The zero-order chi connectivity index (χ0) is 23.3. The molecule has 0 aliphatic carbocycles. The predicted molar refractivity (Wildman–Crippen MR) is 118 cm³/mol. The second-order valence-electron chi connectivity index (χ2n) is 7.86. The number of benzene rings is 1. The molecule has 1 unspecified atom stereocenters. The maximum atomic E-state index is 12.1. The number of carboxylic acid groups (broad SMARTS) is 1. The van der Waals surface area contributed by atoms with Gasteiger partial charge in [0.25, 0.3) is 0 Å². The van der Waals surface area contributed by atoms with Crippen LogP contribution in [-0.4, -0.2) is 46.2 Å². The summed E-state index contributed by atoms with van der Waals surface area (Å²) in [7, 11) is 0. The van der Waals surface area contributed by atoms with E-state index in [2.05, 4.69) is 15.6 Å². The predicted octanol–water partition coefficient (Wildman–Crippen LogP) is 3.10. The Morgan fingerprint density at radius 3 is 2.16 bits per heavy atom. The molecule has 1 atom stereocenters. The van der Waals surface area contributed by atoms with Gasteiger partial charge in [-0.1, -0.05) is 30.3 Å². The van der Waals surface area contributed by atoms with Gasteiger partial charge < -0.3 is 20.5 Å². The van der Waals surface area contributed by atoms with E-state index in [1.807, 2.05) is 49.4 Å². The molecule has 0 saturated carbocycles. The van der Waals surface area contributed by atoms with Crippen molar-refractivity contribution in [1.29, 1.82) is 0 Å². The Bertz CT molecular complexity index is 820. The van der Waals surface area contributed by atoms with Crippen molar-refractivity contribution in [2.45, 2.75) is 52.2 Å². The first-order valence-corrected chi connectivity index (χ1v) is 9.96. The Hall–Kier alpha value is -3.42. The maximum Gasteiger partial charge on any atom is 0.408 e. The fourth-order valence-electron chi connectivity index (χ4n) is 2.39. The third kappa shape index (κ3) is 12.7. The molecule has 0 spiro atoms. The number of carboxylic acids is 1. The monoisotopic (exact) mass is 429 g/mol. The Balaban J connectivity index is 0.000000577. The molecule has 0 saturated heterocycles. The highest BCUT2D eigenvalue weighted by molar-refractivity contribution is 5.88. The molecule has 0 fully saturated rings. The highest BCUT2D eigenvalue weighted by atomic mass is 16.6. The van der Waals surface area contributed by atoms with E-state index in [-0.39, 0.29) is 0 Å². The van der Waals surface area contributed by atoms with E-state index in [0.717, 1.165) is 5.56 Å². The van der Waals surface area contributed by atoms with Crippen molar-refractivity contribution in [3.63, 3.8) is 0 Å². The summed E-state index contributed by atoms with van der Waals surface area (Å²) in [6, 6.07) is 12.6. The van der Waals surface area contributed by atoms with E-state index in [0.29, 0.717) is 12.8 Å². The molecule has 31 heavy (non-hydrogen) atoms. The van der Waals surface area contributed by atoms with Crippen LogP contribution in [-0.2, 0) is 20.7 Å². The van der Waals surface area contributed by atoms with Crippen LogP contribution in [0.1, 0.15) is 38.3 Å². The quantitative estimate of drug-likeness (QED) is 0.622. The number of carbonyl (C=O) groups is 3. The van der Waals surface area contributed by atoms with Crippen LogP contribution in [0.5, 0.6) is 0 Å². The van der Waals surface area contributed by atoms with Crippen molar-refractivity contribution in [3.05, 3.63) is 66.0 Å². The molecule has 8 heteroatoms. The van der Waals surface area contributed by atoms with Crippen molar-refractivity contribution in [2.75, 3.05) is 6.54 Å². The van der Waals surface area contributed by atoms with E-state index in [1.54, 1.807) is 33.2 Å². The normalized spacial score (nSPS) is 11.4. The SMILES string of the molecule is CC(C)(C)OC(=O)NC(CCc1ccccc1)C(=O)NCC(=O)O.Cc1ccncc1. The minimum atomic E-state index is -1.15. The van der Waals surface area contributed by atoms with Gasteiger partial charge in [-0.2, -0.15) is 0 Å². The van der Waals surface area contributed by atoms with E-state index in [1.165, 1.54) is 5.56 Å². The lowest BCUT2D eigenvalue weighted by Gasteiger charge is -2.23. The summed E-state index contributed by atoms with van der Waals surface area (Å²) in [6.45, 7) is 6.69. The highest BCUT2D eigenvalue weighted by Crippen LogP contribution is 2.09. The molecule has 168 valence electrons. The molecule has 2 rings (SSSR count). The van der Waals surface area contributed by atoms with Gasteiger partial charge in [0.1, 0.15) is 18.2 Å². The molecule has 1 heterocycles. The van der Waals surface area contributed by atoms with E-state index in [4.69, 9.17) is 9.84 Å². The van der Waals surface area contributed by atoms with Crippen molar-refractivity contribution >= 4 is 18.0 Å². The van der Waals surface area contributed by atoms with Crippen molar-refractivity contribution in [3.8, 4) is 0 Å². The standard InChI is InChI=1S/C17H24N2O5.C6H7N/c1-17(2,3)24-16(23)19-13(15(22)18-11-14(20)21)10-9-12-7-5-4-6-8-12;1-6-2-4-7-5-3-6/h4-8,13H,9-11H2,1-3H3,(H,18,22)(H,19,23)(H,20,21);2-5H,1H3. The number of aromatic nitrogens is 1. The third-order valence-electron chi connectivity index (χ3n) is 3.83. The van der Waals surface area contributed by atoms with Gasteiger partial charge in [0.15, 0.2) is 0 Å². The molecule has 2 amide bonds. The lowest BCUT2D eigenvalue weighted by molar-refractivity contribution is -0.138. The largest absolute Gasteiger partial charge is 0.480 e. The van der Waals surface area contributed by atoms with Crippen LogP contribution < -0.4 is 10.6 Å². The van der Waals surface area contributed by atoms with Crippen LogP contribution in [0.3, 0.4) is 0 Å². The number of nitrogens with one attached hydrogen (secondary N) is 2. The molecular weight excluding hydrogens is 398 g/mol. The van der Waals surface area contributed by atoms with Crippen LogP contribution in [0.4, 0.5) is 4.79 Å². The van der Waals surface area contributed by atoms with Gasteiger partial charge in [-0.15, -0.1) is 0 Å². The van der Waals surface area contributed by atoms with Gasteiger partial charge in [-0.25, -0.2) is 4.79 Å². The fourth-order valence-corrected chi connectivity index (χ4v) is 2.39. The first-order valence-electron chi connectivity index (χ1n) is 9.96. The Kier molecular flexibility index (Phi) is 10.7. The molecule has 0 aliphatic heterocycles. The molecule has 1 aromatic carbocycles. The van der Waals surface area contributed by atoms with Gasteiger partial charge in [0, 0.05) is 12.4 Å². The van der Waals surface area contributed by atoms with E-state index >= 15 is 0 Å². The average molecular weight is 430 g/mol. The number of carbonyl (C=O) groups excluding carboxylic acids is 2. The second-order valence-corrected chi connectivity index (χ2v) is 7.86. The number of nitrogens with zero attached hydrogens (tertiary/aromatic N) is 1. The maximum absolute atomic E-state index is 12.1. The summed E-state index contributed by atoms with van der Waals surface area (Å²) >= 11 is 0. The van der Waals surface area contributed by atoms with Gasteiger partial charge >= 0.3 is 12.1 Å². The Morgan fingerprint density at radius 2 is 1.68 bits per heavy atom. The lowest BCUT2D eigenvalue weighted by Crippen LogP contribution is -2.49. The molecule has 0 aliphatic rings. The summed E-state index contributed by atoms with van der Waals surface area (Å²) in [5.74, 6) is -1.71. The van der Waals surface area contributed by atoms with Crippen molar-refractivity contribution in [1.82, 2.24) is 15.6 Å². The number of ether oxygens (including phenoxy) is 1. The Labute approximate surface area is 183 Å². The first-order chi connectivity index (χ1) is 14.6. The summed E-state index contributed by atoms with van der Waals surface area (Å²) in [4.78, 5) is 38.5. The molecule has 0 bridgehead atoms. The van der Waals surface area contributed by atoms with Gasteiger partial charge in [0.05, 0.1) is 0 Å². The van der Waals surface area contributed by atoms with E-state index in [9.17, 15) is 14.4 Å². The second kappa shape index (κ2) is 13.0. The van der Waals surface area contributed by atoms with Crippen LogP contribution in [0.25, 0.3) is 0 Å². The van der Waals surface area contributed by atoms with Crippen LogP contribution >= 0.6 is 0 Å². The molecule has 0 radical (unpaired) electrons. The molecular formula is C23H31N3O5. The zero-order valence-corrected chi connectivity index (χ0v) is 18.4. The molecule has 2 aromatic rings. The number of aryl methyl sites for hydroxylation is 2. The number of pyridine rings is 1.